The first-order chi connectivity index (χ1) is 22.8. The van der Waals surface area contributed by atoms with E-state index >= 15 is 0 Å². The minimum atomic E-state index is -0.330. The summed E-state index contributed by atoms with van der Waals surface area (Å²) < 4.78 is 14.0. The van der Waals surface area contributed by atoms with Gasteiger partial charge in [-0.15, -0.1) is 0 Å². The first-order valence-corrected chi connectivity index (χ1v) is 20.5. The van der Waals surface area contributed by atoms with E-state index in [1.54, 1.807) is 12.1 Å². The van der Waals surface area contributed by atoms with Crippen molar-refractivity contribution in [1.82, 2.24) is 9.97 Å². The van der Waals surface area contributed by atoms with E-state index in [-0.39, 0.29) is 68.3 Å². The lowest BCUT2D eigenvalue weighted by Crippen LogP contribution is -2.67. The highest BCUT2D eigenvalue weighted by molar-refractivity contribution is 9.10. The fourth-order valence-corrected chi connectivity index (χ4v) is 14.0. The van der Waals surface area contributed by atoms with Gasteiger partial charge < -0.3 is 19.6 Å². The van der Waals surface area contributed by atoms with Gasteiger partial charge in [0.25, 0.3) is 5.56 Å². The molecule has 2 heterocycles. The molecule has 1 saturated heterocycles. The highest BCUT2D eigenvalue weighted by Crippen LogP contribution is 2.76. The van der Waals surface area contributed by atoms with E-state index in [2.05, 4.69) is 81.3 Å². The zero-order valence-electron chi connectivity index (χ0n) is 30.8. The van der Waals surface area contributed by atoms with Crippen LogP contribution in [0.3, 0.4) is 0 Å². The van der Waals surface area contributed by atoms with Crippen LogP contribution in [0.1, 0.15) is 120 Å². The molecule has 4 aliphatic carbocycles. The number of halogens is 1. The Morgan fingerprint density at radius 2 is 1.73 bits per heavy atom. The predicted molar refractivity (Wildman–Crippen MR) is 198 cm³/mol. The van der Waals surface area contributed by atoms with E-state index in [1.165, 1.54) is 18.2 Å². The van der Waals surface area contributed by atoms with E-state index in [1.807, 2.05) is 6.07 Å². The number of benzene rings is 1. The summed E-state index contributed by atoms with van der Waals surface area (Å²) in [6.07, 6.45) is 10.1. The molecule has 49 heavy (non-hydrogen) atoms. The Hall–Kier alpha value is -1.42. The Balaban J connectivity index is 1.06. The molecule has 0 unspecified atom stereocenters. The van der Waals surface area contributed by atoms with Crippen LogP contribution in [-0.4, -0.2) is 50.2 Å². The molecule has 0 bridgehead atoms. The third-order valence-electron chi connectivity index (χ3n) is 15.3. The summed E-state index contributed by atoms with van der Waals surface area (Å²) >= 11 is 4.62. The number of aromatic amines is 1. The zero-order chi connectivity index (χ0) is 35.4. The number of aliphatic hydroxyl groups excluding tert-OH is 1. The largest absolute Gasteiger partial charge is 0.461 e. The summed E-state index contributed by atoms with van der Waals surface area (Å²) in [5, 5.41) is 13.2. The molecule has 7 nitrogen and oxygen atoms in total. The van der Waals surface area contributed by atoms with Crippen LogP contribution in [0, 0.1) is 45.3 Å². The quantitative estimate of drug-likeness (QED) is 0.178. The number of carbonyl (C=O) groups excluding carboxylic acids is 1. The topological polar surface area (TPSA) is 102 Å². The third kappa shape index (κ3) is 5.69. The van der Waals surface area contributed by atoms with Crippen LogP contribution in [0.4, 0.5) is 0 Å². The van der Waals surface area contributed by atoms with Crippen molar-refractivity contribution >= 4 is 44.6 Å². The van der Waals surface area contributed by atoms with E-state index in [4.69, 9.17) is 9.47 Å². The SMILES string of the molecule is CC1(C)CCC[C@](C)([C@@H]2CC[C@]3(C)[C@@H]2[C@H](O)C[C@H]2[C@@]4(C)CC[C@H](OC(=O)CSc5nc6ccc(Br)cc6c(=O)[nH]5)C(C)(C)[C@@H]4CC[C@]23C)O1. The molecule has 2 N–H and O–H groups in total. The van der Waals surface area contributed by atoms with Crippen molar-refractivity contribution in [2.75, 3.05) is 5.75 Å². The number of fused-ring (bicyclic) bond motifs is 6. The molecule has 0 amide bonds. The van der Waals surface area contributed by atoms with Gasteiger partial charge in [0.1, 0.15) is 6.10 Å². The number of esters is 1. The number of hydrogen-bond acceptors (Lipinski definition) is 7. The van der Waals surface area contributed by atoms with E-state index < -0.39 is 0 Å². The lowest BCUT2D eigenvalue weighted by atomic mass is 9.35. The number of nitrogens with one attached hydrogen (secondary N) is 1. The Morgan fingerprint density at radius 3 is 2.47 bits per heavy atom. The predicted octanol–water partition coefficient (Wildman–Crippen LogP) is 9.08. The van der Waals surface area contributed by atoms with Gasteiger partial charge in [-0.3, -0.25) is 9.59 Å². The van der Waals surface area contributed by atoms with Gasteiger partial charge in [-0.2, -0.15) is 0 Å². The molecule has 5 fully saturated rings. The third-order valence-corrected chi connectivity index (χ3v) is 16.7. The van der Waals surface area contributed by atoms with Gasteiger partial charge in [0, 0.05) is 9.89 Å². The van der Waals surface area contributed by atoms with Gasteiger partial charge in [0.05, 0.1) is 34.0 Å². The summed E-state index contributed by atoms with van der Waals surface area (Å²) in [6, 6.07) is 5.41. The fraction of sp³-hybridized carbons (Fsp3) is 0.775. The van der Waals surface area contributed by atoms with Gasteiger partial charge in [0.2, 0.25) is 0 Å². The molecule has 9 heteroatoms. The molecule has 1 aliphatic heterocycles. The van der Waals surface area contributed by atoms with E-state index in [0.717, 1.165) is 62.3 Å². The van der Waals surface area contributed by atoms with Gasteiger partial charge in [-0.05, 0) is 143 Å². The number of ether oxygens (including phenoxy) is 2. The second-order valence-corrected chi connectivity index (χ2v) is 20.5. The van der Waals surface area contributed by atoms with Crippen molar-refractivity contribution in [2.45, 2.75) is 148 Å². The molecule has 0 spiro atoms. The lowest BCUT2D eigenvalue weighted by Gasteiger charge is -2.70. The zero-order valence-corrected chi connectivity index (χ0v) is 33.2. The average Bonchev–Trinajstić information content (AvgIpc) is 3.39. The Labute approximate surface area is 305 Å². The average molecular weight is 758 g/mol. The highest BCUT2D eigenvalue weighted by Gasteiger charge is 2.72. The Bertz CT molecular complexity index is 1690. The number of hydrogen-bond donors (Lipinski definition) is 2. The van der Waals surface area contributed by atoms with Crippen LogP contribution in [0.2, 0.25) is 0 Å². The van der Waals surface area contributed by atoms with Gasteiger partial charge in [0.15, 0.2) is 5.16 Å². The molecule has 0 radical (unpaired) electrons. The summed E-state index contributed by atoms with van der Waals surface area (Å²) in [5.41, 5.74) is 0.122. The summed E-state index contributed by atoms with van der Waals surface area (Å²) in [4.78, 5) is 33.3. The maximum atomic E-state index is 13.3. The number of carbonyl (C=O) groups is 1. The van der Waals surface area contributed by atoms with E-state index in [9.17, 15) is 14.7 Å². The number of aliphatic hydroxyl groups is 1. The summed E-state index contributed by atoms with van der Waals surface area (Å²) in [7, 11) is 0. The Kier molecular flexibility index (Phi) is 8.85. The second-order valence-electron chi connectivity index (χ2n) is 18.6. The van der Waals surface area contributed by atoms with Crippen molar-refractivity contribution in [3.8, 4) is 0 Å². The van der Waals surface area contributed by atoms with Crippen molar-refractivity contribution in [2.24, 2.45) is 45.3 Å². The second kappa shape index (κ2) is 12.1. The maximum Gasteiger partial charge on any atom is 0.316 e. The number of rotatable bonds is 5. The summed E-state index contributed by atoms with van der Waals surface area (Å²) in [5.74, 6) is 1.25. The van der Waals surface area contributed by atoms with Gasteiger partial charge >= 0.3 is 5.97 Å². The molecule has 10 atom stereocenters. The maximum absolute atomic E-state index is 13.3. The first kappa shape index (κ1) is 36.0. The molecule has 1 aromatic carbocycles. The molecule has 5 aliphatic rings. The first-order valence-electron chi connectivity index (χ1n) is 18.7. The number of aromatic nitrogens is 2. The van der Waals surface area contributed by atoms with Gasteiger partial charge in [-0.1, -0.05) is 62.3 Å². The molecule has 270 valence electrons. The molecular formula is C40H57BrN2O5S. The highest BCUT2D eigenvalue weighted by atomic mass is 79.9. The minimum absolute atomic E-state index is 0.0535. The molecule has 2 aromatic rings. The monoisotopic (exact) mass is 756 g/mol. The van der Waals surface area contributed by atoms with Crippen molar-refractivity contribution < 1.29 is 19.4 Å². The molecular weight excluding hydrogens is 700 g/mol. The van der Waals surface area contributed by atoms with Crippen LogP contribution >= 0.6 is 27.7 Å². The fourth-order valence-electron chi connectivity index (χ4n) is 13.0. The number of H-pyrrole nitrogens is 1. The van der Waals surface area contributed by atoms with Crippen molar-refractivity contribution in [3.05, 3.63) is 33.0 Å². The minimum Gasteiger partial charge on any atom is -0.461 e. The van der Waals surface area contributed by atoms with Crippen molar-refractivity contribution in [1.29, 1.82) is 0 Å². The molecule has 1 aromatic heterocycles. The van der Waals surface area contributed by atoms with Crippen LogP contribution < -0.4 is 5.56 Å². The standard InChI is InChI=1S/C40H57BrN2O5S/c1-35(2)15-9-16-40(8,48-35)25-12-18-39(7)32(25)27(44)21-29-37(5)17-14-30(36(3,4)28(37)13-19-38(29,39)6)47-31(45)22-49-34-42-26-11-10-23(41)20-24(26)33(46)43-34/h10-11,20,25,27-30,32,44H,9,12-19,21-22H2,1-8H3,(H,42,43,46)/t25-,27-,28+,29+,30+,32+,37+,38-,39-,40-/m1/s1. The number of thioether (sulfide) groups is 1. The van der Waals surface area contributed by atoms with Crippen molar-refractivity contribution in [3.63, 3.8) is 0 Å². The van der Waals surface area contributed by atoms with Gasteiger partial charge in [-0.25, -0.2) is 4.98 Å². The molecule has 7 rings (SSSR count). The number of nitrogens with zero attached hydrogens (tertiary/aromatic N) is 1. The van der Waals surface area contributed by atoms with E-state index in [0.29, 0.717) is 33.8 Å². The summed E-state index contributed by atoms with van der Waals surface area (Å²) in [6.45, 7) is 19.1. The van der Waals surface area contributed by atoms with Crippen LogP contribution in [-0.2, 0) is 14.3 Å². The molecule has 4 saturated carbocycles. The van der Waals surface area contributed by atoms with Crippen LogP contribution in [0.15, 0.2) is 32.6 Å². The Morgan fingerprint density at radius 1 is 1.00 bits per heavy atom. The van der Waals surface area contributed by atoms with Crippen LogP contribution in [0.25, 0.3) is 10.9 Å². The lowest BCUT2D eigenvalue weighted by molar-refractivity contribution is -0.258. The van der Waals surface area contributed by atoms with Crippen LogP contribution in [0.5, 0.6) is 0 Å². The normalized spacial score (nSPS) is 42.6. The smallest absolute Gasteiger partial charge is 0.316 e.